The van der Waals surface area contributed by atoms with Crippen LogP contribution in [0.1, 0.15) is 26.3 Å². The molecule has 0 bridgehead atoms. The highest BCUT2D eigenvalue weighted by atomic mass is 79.9. The fourth-order valence-corrected chi connectivity index (χ4v) is 2.46. The van der Waals surface area contributed by atoms with E-state index in [4.69, 9.17) is 5.11 Å². The molecule has 4 nitrogen and oxygen atoms in total. The van der Waals surface area contributed by atoms with Gasteiger partial charge in [0.05, 0.1) is 11.1 Å². The van der Waals surface area contributed by atoms with Crippen molar-refractivity contribution in [3.05, 3.63) is 69.7 Å². The number of rotatable bonds is 5. The molecule has 21 heavy (non-hydrogen) atoms. The van der Waals surface area contributed by atoms with E-state index in [1.54, 1.807) is 42.5 Å². The van der Waals surface area contributed by atoms with Crippen LogP contribution in [0.3, 0.4) is 0 Å². The fourth-order valence-electron chi connectivity index (χ4n) is 2.00. The van der Waals surface area contributed by atoms with Gasteiger partial charge in [-0.15, -0.1) is 0 Å². The van der Waals surface area contributed by atoms with E-state index in [-0.39, 0.29) is 11.5 Å². The molecule has 0 aliphatic carbocycles. The standard InChI is InChI=1S/C16H14BrNO3/c17-14-8-4-3-7-13(14)15(19)18-10-9-11-5-1-2-6-12(11)16(20)21/h1-8H,9-10H2,(H,18,19)(H,20,21). The second-order valence-corrected chi connectivity index (χ2v) is 5.30. The molecule has 0 spiro atoms. The molecule has 0 saturated heterocycles. The van der Waals surface area contributed by atoms with Gasteiger partial charge >= 0.3 is 5.97 Å². The Kier molecular flexibility index (Phi) is 5.11. The monoisotopic (exact) mass is 347 g/mol. The molecule has 0 aliphatic rings. The Morgan fingerprint density at radius 1 is 1.00 bits per heavy atom. The summed E-state index contributed by atoms with van der Waals surface area (Å²) in [6.07, 6.45) is 0.471. The van der Waals surface area contributed by atoms with Gasteiger partial charge in [-0.2, -0.15) is 0 Å². The van der Waals surface area contributed by atoms with Gasteiger partial charge in [0.2, 0.25) is 0 Å². The first kappa shape index (κ1) is 15.3. The van der Waals surface area contributed by atoms with Gasteiger partial charge < -0.3 is 10.4 Å². The summed E-state index contributed by atoms with van der Waals surface area (Å²) in [7, 11) is 0. The number of hydrogen-bond acceptors (Lipinski definition) is 2. The van der Waals surface area contributed by atoms with Crippen molar-refractivity contribution < 1.29 is 14.7 Å². The van der Waals surface area contributed by atoms with Gasteiger partial charge in [0.25, 0.3) is 5.91 Å². The average molecular weight is 348 g/mol. The topological polar surface area (TPSA) is 66.4 Å². The number of carbonyl (C=O) groups excluding carboxylic acids is 1. The van der Waals surface area contributed by atoms with Crippen LogP contribution in [0.15, 0.2) is 53.0 Å². The van der Waals surface area contributed by atoms with Gasteiger partial charge in [-0.25, -0.2) is 4.79 Å². The number of carboxylic acid groups (broad SMARTS) is 1. The van der Waals surface area contributed by atoms with Crippen LogP contribution in [0.5, 0.6) is 0 Å². The highest BCUT2D eigenvalue weighted by Crippen LogP contribution is 2.15. The van der Waals surface area contributed by atoms with E-state index in [1.807, 2.05) is 6.07 Å². The van der Waals surface area contributed by atoms with E-state index in [1.165, 1.54) is 0 Å². The number of hydrogen-bond donors (Lipinski definition) is 2. The van der Waals surface area contributed by atoms with Crippen molar-refractivity contribution in [2.75, 3.05) is 6.54 Å². The Balaban J connectivity index is 1.98. The fraction of sp³-hybridized carbons (Fsp3) is 0.125. The lowest BCUT2D eigenvalue weighted by molar-refractivity contribution is 0.0695. The molecule has 2 N–H and O–H groups in total. The van der Waals surface area contributed by atoms with Crippen LogP contribution in [0.4, 0.5) is 0 Å². The molecule has 0 radical (unpaired) electrons. The summed E-state index contributed by atoms with van der Waals surface area (Å²) in [5, 5.41) is 11.9. The Hall–Kier alpha value is -2.14. The third-order valence-electron chi connectivity index (χ3n) is 3.05. The van der Waals surface area contributed by atoms with Gasteiger partial charge in [-0.3, -0.25) is 4.79 Å². The summed E-state index contributed by atoms with van der Waals surface area (Å²) >= 11 is 3.33. The molecular weight excluding hydrogens is 334 g/mol. The molecule has 2 aromatic rings. The summed E-state index contributed by atoms with van der Waals surface area (Å²) in [5.74, 6) is -1.14. The lowest BCUT2D eigenvalue weighted by atomic mass is 10.0. The van der Waals surface area contributed by atoms with Crippen LogP contribution in [-0.2, 0) is 6.42 Å². The average Bonchev–Trinajstić information content (AvgIpc) is 2.48. The Morgan fingerprint density at radius 2 is 1.62 bits per heavy atom. The molecule has 0 saturated carbocycles. The molecule has 0 atom stereocenters. The van der Waals surface area contributed by atoms with Crippen molar-refractivity contribution in [1.29, 1.82) is 0 Å². The molecule has 1 amide bonds. The first-order chi connectivity index (χ1) is 10.1. The smallest absolute Gasteiger partial charge is 0.335 e. The van der Waals surface area contributed by atoms with Crippen LogP contribution in [-0.4, -0.2) is 23.5 Å². The Bertz CT molecular complexity index is 670. The molecule has 108 valence electrons. The number of carbonyl (C=O) groups is 2. The van der Waals surface area contributed by atoms with E-state index in [0.717, 1.165) is 4.47 Å². The molecule has 5 heteroatoms. The second-order valence-electron chi connectivity index (χ2n) is 4.45. The zero-order valence-electron chi connectivity index (χ0n) is 11.2. The third-order valence-corrected chi connectivity index (χ3v) is 3.74. The largest absolute Gasteiger partial charge is 0.478 e. The zero-order chi connectivity index (χ0) is 15.2. The Labute approximate surface area is 130 Å². The van der Waals surface area contributed by atoms with E-state index < -0.39 is 5.97 Å². The lowest BCUT2D eigenvalue weighted by Crippen LogP contribution is -2.26. The normalized spacial score (nSPS) is 10.1. The zero-order valence-corrected chi connectivity index (χ0v) is 12.8. The number of nitrogens with one attached hydrogen (secondary N) is 1. The van der Waals surface area contributed by atoms with Crippen molar-refractivity contribution in [1.82, 2.24) is 5.32 Å². The number of carboxylic acids is 1. The summed E-state index contributed by atoms with van der Waals surface area (Å²) in [4.78, 5) is 23.1. The predicted octanol–water partition coefficient (Wildman–Crippen LogP) is 3.12. The van der Waals surface area contributed by atoms with Gasteiger partial charge in [-0.1, -0.05) is 30.3 Å². The minimum absolute atomic E-state index is 0.185. The maximum Gasteiger partial charge on any atom is 0.335 e. The van der Waals surface area contributed by atoms with Crippen molar-refractivity contribution in [2.45, 2.75) is 6.42 Å². The van der Waals surface area contributed by atoms with Crippen molar-refractivity contribution in [3.63, 3.8) is 0 Å². The quantitative estimate of drug-likeness (QED) is 0.873. The summed E-state index contributed by atoms with van der Waals surface area (Å²) < 4.78 is 0.730. The highest BCUT2D eigenvalue weighted by Gasteiger charge is 2.11. The summed E-state index contributed by atoms with van der Waals surface area (Å²) in [5.41, 5.74) is 1.54. The molecule has 0 fully saturated rings. The number of halogens is 1. The molecule has 0 aliphatic heterocycles. The van der Waals surface area contributed by atoms with Crippen LogP contribution in [0.25, 0.3) is 0 Å². The maximum absolute atomic E-state index is 12.0. The van der Waals surface area contributed by atoms with E-state index in [9.17, 15) is 9.59 Å². The van der Waals surface area contributed by atoms with Crippen LogP contribution in [0.2, 0.25) is 0 Å². The first-order valence-electron chi connectivity index (χ1n) is 6.43. The van der Waals surface area contributed by atoms with Gasteiger partial charge in [0.15, 0.2) is 0 Å². The van der Waals surface area contributed by atoms with Crippen LogP contribution < -0.4 is 5.32 Å². The van der Waals surface area contributed by atoms with E-state index >= 15 is 0 Å². The van der Waals surface area contributed by atoms with Gasteiger partial charge in [0.1, 0.15) is 0 Å². The number of amides is 1. The third kappa shape index (κ3) is 3.92. The highest BCUT2D eigenvalue weighted by molar-refractivity contribution is 9.10. The maximum atomic E-state index is 12.0. The first-order valence-corrected chi connectivity index (χ1v) is 7.23. The molecule has 2 aromatic carbocycles. The molecule has 0 heterocycles. The lowest BCUT2D eigenvalue weighted by Gasteiger charge is -2.08. The molecular formula is C16H14BrNO3. The van der Waals surface area contributed by atoms with E-state index in [2.05, 4.69) is 21.2 Å². The number of aromatic carboxylic acids is 1. The van der Waals surface area contributed by atoms with Crippen LogP contribution >= 0.6 is 15.9 Å². The molecule has 0 unspecified atom stereocenters. The molecule has 0 aromatic heterocycles. The minimum Gasteiger partial charge on any atom is -0.478 e. The summed E-state index contributed by atoms with van der Waals surface area (Å²) in [6, 6.07) is 14.0. The predicted molar refractivity (Wildman–Crippen MR) is 83.6 cm³/mol. The molecule has 2 rings (SSSR count). The van der Waals surface area contributed by atoms with Crippen molar-refractivity contribution in [2.24, 2.45) is 0 Å². The SMILES string of the molecule is O=C(NCCc1ccccc1C(=O)O)c1ccccc1Br. The van der Waals surface area contributed by atoms with E-state index in [0.29, 0.717) is 24.1 Å². The van der Waals surface area contributed by atoms with Gasteiger partial charge in [-0.05, 0) is 46.1 Å². The van der Waals surface area contributed by atoms with Crippen molar-refractivity contribution >= 4 is 27.8 Å². The van der Waals surface area contributed by atoms with Gasteiger partial charge in [0, 0.05) is 11.0 Å². The van der Waals surface area contributed by atoms with Crippen LogP contribution in [0, 0.1) is 0 Å². The minimum atomic E-state index is -0.956. The second kappa shape index (κ2) is 7.04. The number of benzene rings is 2. The van der Waals surface area contributed by atoms with Crippen molar-refractivity contribution in [3.8, 4) is 0 Å². The Morgan fingerprint density at radius 3 is 2.29 bits per heavy atom. The summed E-state index contributed by atoms with van der Waals surface area (Å²) in [6.45, 7) is 0.379.